The Morgan fingerprint density at radius 2 is 2.04 bits per heavy atom. The summed E-state index contributed by atoms with van der Waals surface area (Å²) in [6.45, 7) is 2.70. The van der Waals surface area contributed by atoms with E-state index in [9.17, 15) is 4.79 Å². The zero-order chi connectivity index (χ0) is 17.5. The number of nitrogens with zero attached hydrogens (tertiary/aromatic N) is 3. The molecule has 1 saturated heterocycles. The molecule has 0 atom stereocenters. The van der Waals surface area contributed by atoms with Crippen LogP contribution >= 0.6 is 0 Å². The van der Waals surface area contributed by atoms with Crippen LogP contribution in [0.2, 0.25) is 0 Å². The first-order valence-corrected chi connectivity index (χ1v) is 8.77. The average Bonchev–Trinajstić information content (AvgIpc) is 3.13. The molecular weight excluding hydrogens is 312 g/mol. The quantitative estimate of drug-likeness (QED) is 0.692. The van der Waals surface area contributed by atoms with Gasteiger partial charge in [-0.05, 0) is 45.1 Å². The van der Waals surface area contributed by atoms with Gasteiger partial charge in [0.05, 0.1) is 5.69 Å². The minimum absolute atomic E-state index is 0.145. The van der Waals surface area contributed by atoms with Gasteiger partial charge in [0.1, 0.15) is 6.33 Å². The molecule has 0 spiro atoms. The topological polar surface area (TPSA) is 50.2 Å². The molecule has 1 aromatic carbocycles. The molecule has 2 heterocycles. The summed E-state index contributed by atoms with van der Waals surface area (Å²) in [5.41, 5.74) is 2.01. The van der Waals surface area contributed by atoms with Crippen LogP contribution in [0.3, 0.4) is 0 Å². The second-order valence-corrected chi connectivity index (χ2v) is 6.43. The molecule has 0 aliphatic carbocycles. The number of likely N-dealkylation sites (tertiary alicyclic amines) is 1. The average molecular weight is 336 g/mol. The number of rotatable bonds is 3. The maximum atomic E-state index is 12.2. The highest BCUT2D eigenvalue weighted by Crippen LogP contribution is 2.25. The van der Waals surface area contributed by atoms with Crippen molar-refractivity contribution in [2.24, 2.45) is 0 Å². The monoisotopic (exact) mass is 336 g/mol. The zero-order valence-corrected chi connectivity index (χ0v) is 14.6. The summed E-state index contributed by atoms with van der Waals surface area (Å²) in [7, 11) is 2.14. The summed E-state index contributed by atoms with van der Waals surface area (Å²) in [5.74, 6) is 6.62. The van der Waals surface area contributed by atoms with E-state index in [-0.39, 0.29) is 6.03 Å². The lowest BCUT2D eigenvalue weighted by Gasteiger charge is -2.27. The fourth-order valence-electron chi connectivity index (χ4n) is 2.97. The number of imidazole rings is 1. The molecule has 1 N–H and O–H groups in total. The first-order chi connectivity index (χ1) is 12.2. The number of benzene rings is 1. The maximum absolute atomic E-state index is 12.2. The largest absolute Gasteiger partial charge is 0.336 e. The third kappa shape index (κ3) is 4.94. The summed E-state index contributed by atoms with van der Waals surface area (Å²) < 4.78 is 1.54. The van der Waals surface area contributed by atoms with Crippen molar-refractivity contribution >= 4 is 6.03 Å². The van der Waals surface area contributed by atoms with E-state index >= 15 is 0 Å². The Morgan fingerprint density at radius 1 is 1.28 bits per heavy atom. The summed E-state index contributed by atoms with van der Waals surface area (Å²) >= 11 is 0. The van der Waals surface area contributed by atoms with Crippen LogP contribution < -0.4 is 5.32 Å². The lowest BCUT2D eigenvalue weighted by atomic mass is 9.94. The molecular formula is C20H24N4O. The van der Waals surface area contributed by atoms with Crippen molar-refractivity contribution in [3.63, 3.8) is 0 Å². The summed E-state index contributed by atoms with van der Waals surface area (Å²) in [6, 6.07) is 9.70. The molecule has 3 rings (SSSR count). The Kier molecular flexibility index (Phi) is 5.86. The molecule has 1 aliphatic heterocycles. The summed E-state index contributed by atoms with van der Waals surface area (Å²) in [6.07, 6.45) is 6.30. The number of carbonyl (C=O) groups excluding carboxylic acids is 1. The zero-order valence-electron chi connectivity index (χ0n) is 14.6. The van der Waals surface area contributed by atoms with Gasteiger partial charge in [-0.25, -0.2) is 9.78 Å². The van der Waals surface area contributed by atoms with Crippen molar-refractivity contribution < 1.29 is 4.79 Å². The van der Waals surface area contributed by atoms with E-state index in [4.69, 9.17) is 0 Å². The normalized spacial score (nSPS) is 15.4. The number of hydrogen-bond acceptors (Lipinski definition) is 3. The molecule has 1 amide bonds. The molecule has 0 saturated carbocycles. The first kappa shape index (κ1) is 17.2. The SMILES string of the molecule is CN1CCC(c2cn(C(=O)NCCC#Cc3ccccc3)cn2)CC1. The van der Waals surface area contributed by atoms with Crippen LogP contribution in [0.4, 0.5) is 4.79 Å². The minimum atomic E-state index is -0.145. The number of piperidine rings is 1. The Morgan fingerprint density at radius 3 is 2.80 bits per heavy atom. The fraction of sp³-hybridized carbons (Fsp3) is 0.400. The third-order valence-electron chi connectivity index (χ3n) is 4.51. The van der Waals surface area contributed by atoms with Gasteiger partial charge in [-0.15, -0.1) is 0 Å². The van der Waals surface area contributed by atoms with Gasteiger partial charge in [-0.2, -0.15) is 0 Å². The van der Waals surface area contributed by atoms with Crippen LogP contribution in [0.25, 0.3) is 0 Å². The van der Waals surface area contributed by atoms with E-state index in [1.807, 2.05) is 36.5 Å². The van der Waals surface area contributed by atoms with Crippen molar-refractivity contribution in [1.82, 2.24) is 19.8 Å². The standard InChI is InChI=1S/C20H24N4O/c1-23-13-10-18(11-14-23)19-15-24(16-22-19)20(25)21-12-6-5-9-17-7-3-2-4-8-17/h2-4,7-8,15-16,18H,6,10-14H2,1H3,(H,21,25). The maximum Gasteiger partial charge on any atom is 0.326 e. The van der Waals surface area contributed by atoms with E-state index in [2.05, 4.69) is 34.1 Å². The molecule has 2 aromatic rings. The van der Waals surface area contributed by atoms with Gasteiger partial charge in [0.15, 0.2) is 0 Å². The van der Waals surface area contributed by atoms with Crippen molar-refractivity contribution in [3.8, 4) is 11.8 Å². The van der Waals surface area contributed by atoms with E-state index in [1.165, 1.54) is 4.57 Å². The van der Waals surface area contributed by atoms with Crippen LogP contribution in [0.15, 0.2) is 42.9 Å². The van der Waals surface area contributed by atoms with Crippen molar-refractivity contribution in [2.75, 3.05) is 26.7 Å². The van der Waals surface area contributed by atoms with Gasteiger partial charge in [-0.1, -0.05) is 30.0 Å². The molecule has 1 fully saturated rings. The third-order valence-corrected chi connectivity index (χ3v) is 4.51. The number of hydrogen-bond donors (Lipinski definition) is 1. The second kappa shape index (κ2) is 8.50. The van der Waals surface area contributed by atoms with Gasteiger partial charge in [0, 0.05) is 30.6 Å². The van der Waals surface area contributed by atoms with Crippen LogP contribution in [-0.2, 0) is 0 Å². The number of nitrogens with one attached hydrogen (secondary N) is 1. The fourth-order valence-corrected chi connectivity index (χ4v) is 2.97. The lowest BCUT2D eigenvalue weighted by Crippen LogP contribution is -2.29. The van der Waals surface area contributed by atoms with Gasteiger partial charge < -0.3 is 10.2 Å². The van der Waals surface area contributed by atoms with Gasteiger partial charge >= 0.3 is 6.03 Å². The molecule has 5 heteroatoms. The number of carbonyl (C=O) groups is 1. The van der Waals surface area contributed by atoms with Crippen molar-refractivity contribution in [3.05, 3.63) is 54.1 Å². The van der Waals surface area contributed by atoms with Gasteiger partial charge in [0.25, 0.3) is 0 Å². The summed E-state index contributed by atoms with van der Waals surface area (Å²) in [5, 5.41) is 2.88. The molecule has 5 nitrogen and oxygen atoms in total. The molecule has 0 bridgehead atoms. The lowest BCUT2D eigenvalue weighted by molar-refractivity contribution is 0.242. The molecule has 0 radical (unpaired) electrons. The smallest absolute Gasteiger partial charge is 0.326 e. The summed E-state index contributed by atoms with van der Waals surface area (Å²) in [4.78, 5) is 18.9. The van der Waals surface area contributed by atoms with E-state index in [0.29, 0.717) is 18.9 Å². The molecule has 1 aromatic heterocycles. The van der Waals surface area contributed by atoms with Crippen molar-refractivity contribution in [1.29, 1.82) is 0 Å². The van der Waals surface area contributed by atoms with Crippen molar-refractivity contribution in [2.45, 2.75) is 25.2 Å². The van der Waals surface area contributed by atoms with Crippen LogP contribution in [-0.4, -0.2) is 47.2 Å². The number of aromatic nitrogens is 2. The minimum Gasteiger partial charge on any atom is -0.336 e. The highest BCUT2D eigenvalue weighted by molar-refractivity contribution is 5.76. The molecule has 0 unspecified atom stereocenters. The highest BCUT2D eigenvalue weighted by Gasteiger charge is 2.20. The predicted molar refractivity (Wildman–Crippen MR) is 98.4 cm³/mol. The second-order valence-electron chi connectivity index (χ2n) is 6.43. The Hall–Kier alpha value is -2.58. The molecule has 1 aliphatic rings. The van der Waals surface area contributed by atoms with Gasteiger partial charge in [-0.3, -0.25) is 4.57 Å². The van der Waals surface area contributed by atoms with Crippen LogP contribution in [0.1, 0.15) is 36.4 Å². The Labute approximate surface area is 149 Å². The Balaban J connectivity index is 1.45. The Bertz CT molecular complexity index is 749. The van der Waals surface area contributed by atoms with E-state index in [1.54, 1.807) is 6.33 Å². The van der Waals surface area contributed by atoms with E-state index < -0.39 is 0 Å². The first-order valence-electron chi connectivity index (χ1n) is 8.77. The molecule has 130 valence electrons. The molecule has 25 heavy (non-hydrogen) atoms. The predicted octanol–water partition coefficient (Wildman–Crippen LogP) is 2.69. The van der Waals surface area contributed by atoms with Crippen LogP contribution in [0, 0.1) is 11.8 Å². The highest BCUT2D eigenvalue weighted by atomic mass is 16.2. The van der Waals surface area contributed by atoms with Gasteiger partial charge in [0.2, 0.25) is 0 Å². The van der Waals surface area contributed by atoms with Crippen LogP contribution in [0.5, 0.6) is 0 Å². The van der Waals surface area contributed by atoms with E-state index in [0.717, 1.165) is 37.2 Å². The number of amides is 1.